The van der Waals surface area contributed by atoms with Crippen molar-refractivity contribution in [1.29, 1.82) is 0 Å². The summed E-state index contributed by atoms with van der Waals surface area (Å²) in [7, 11) is -3.21. The van der Waals surface area contributed by atoms with Gasteiger partial charge in [-0.3, -0.25) is 4.90 Å². The van der Waals surface area contributed by atoms with Crippen LogP contribution in [0.1, 0.15) is 57.3 Å². The molecule has 8 heteroatoms. The third kappa shape index (κ3) is 3.18. The van der Waals surface area contributed by atoms with Crippen LogP contribution in [0.15, 0.2) is 4.52 Å². The zero-order valence-electron chi connectivity index (χ0n) is 13.2. The highest BCUT2D eigenvalue weighted by Crippen LogP contribution is 2.28. The Balaban J connectivity index is 1.54. The van der Waals surface area contributed by atoms with Crippen molar-refractivity contribution in [2.45, 2.75) is 63.3 Å². The van der Waals surface area contributed by atoms with Crippen LogP contribution in [0.25, 0.3) is 0 Å². The lowest BCUT2D eigenvalue weighted by atomic mass is 10.1. The Morgan fingerprint density at radius 2 is 2.05 bits per heavy atom. The Labute approximate surface area is 131 Å². The van der Waals surface area contributed by atoms with Crippen LogP contribution >= 0.6 is 0 Å². The van der Waals surface area contributed by atoms with E-state index in [4.69, 9.17) is 4.52 Å². The summed E-state index contributed by atoms with van der Waals surface area (Å²) in [6.45, 7) is 4.99. The van der Waals surface area contributed by atoms with Gasteiger partial charge in [0.2, 0.25) is 15.9 Å². The molecule has 2 heterocycles. The average Bonchev–Trinajstić information content (AvgIpc) is 3.06. The predicted molar refractivity (Wildman–Crippen MR) is 81.8 cm³/mol. The van der Waals surface area contributed by atoms with Crippen LogP contribution in [0, 0.1) is 0 Å². The highest BCUT2D eigenvalue weighted by atomic mass is 32.2. The molecule has 1 saturated heterocycles. The molecule has 0 amide bonds. The second-order valence-corrected chi connectivity index (χ2v) is 8.29. The van der Waals surface area contributed by atoms with Crippen LogP contribution < -0.4 is 4.72 Å². The number of nitrogens with zero attached hydrogens (tertiary/aromatic N) is 3. The van der Waals surface area contributed by atoms with E-state index in [1.807, 2.05) is 13.8 Å². The van der Waals surface area contributed by atoms with Crippen LogP contribution in [0.3, 0.4) is 0 Å². The molecular weight excluding hydrogens is 304 g/mol. The fourth-order valence-electron chi connectivity index (χ4n) is 3.09. The van der Waals surface area contributed by atoms with Crippen molar-refractivity contribution < 1.29 is 12.9 Å². The normalized spacial score (nSPS) is 22.8. The van der Waals surface area contributed by atoms with Gasteiger partial charge < -0.3 is 4.52 Å². The van der Waals surface area contributed by atoms with Gasteiger partial charge in [-0.15, -0.1) is 0 Å². The molecule has 1 aromatic rings. The minimum Gasteiger partial charge on any atom is -0.338 e. The van der Waals surface area contributed by atoms with Crippen LogP contribution in [0.5, 0.6) is 0 Å². The molecule has 1 N–H and O–H groups in total. The fraction of sp³-hybridized carbons (Fsp3) is 0.857. The Bertz CT molecular complexity index is 603. The van der Waals surface area contributed by atoms with E-state index in [0.29, 0.717) is 24.8 Å². The summed E-state index contributed by atoms with van der Waals surface area (Å²) in [5.41, 5.74) is 0. The number of hydrogen-bond acceptors (Lipinski definition) is 6. The van der Waals surface area contributed by atoms with Crippen LogP contribution in [0.2, 0.25) is 0 Å². The molecule has 124 valence electrons. The van der Waals surface area contributed by atoms with Gasteiger partial charge in [-0.25, -0.2) is 13.1 Å². The molecule has 22 heavy (non-hydrogen) atoms. The topological polar surface area (TPSA) is 88.3 Å². The maximum atomic E-state index is 12.3. The van der Waals surface area contributed by atoms with Crippen molar-refractivity contribution in [2.75, 3.05) is 13.1 Å². The highest BCUT2D eigenvalue weighted by Gasteiger charge is 2.41. The van der Waals surface area contributed by atoms with E-state index in [1.165, 1.54) is 0 Å². The maximum Gasteiger partial charge on any atom is 0.243 e. The van der Waals surface area contributed by atoms with Crippen molar-refractivity contribution in [1.82, 2.24) is 19.8 Å². The molecule has 2 fully saturated rings. The number of nitrogens with one attached hydrogen (secondary N) is 1. The molecule has 0 radical (unpaired) electrons. The standard InChI is InChI=1S/C14H24N4O3S/c1-3-13-15-14(21-16-13)10(2)18-8-12(9-18)22(19,20)17-11-6-4-5-7-11/h10-12,17H,3-9H2,1-2H3. The van der Waals surface area contributed by atoms with E-state index in [0.717, 1.165) is 32.1 Å². The van der Waals surface area contributed by atoms with Crippen molar-refractivity contribution >= 4 is 10.0 Å². The number of sulfonamides is 1. The van der Waals surface area contributed by atoms with E-state index < -0.39 is 10.0 Å². The lowest BCUT2D eigenvalue weighted by Gasteiger charge is -2.41. The molecule has 7 nitrogen and oxygen atoms in total. The fourth-order valence-corrected chi connectivity index (χ4v) is 4.76. The Hall–Kier alpha value is -0.990. The Kier molecular flexibility index (Phi) is 4.52. The minimum atomic E-state index is -3.21. The van der Waals surface area contributed by atoms with Gasteiger partial charge in [0.1, 0.15) is 5.25 Å². The van der Waals surface area contributed by atoms with Gasteiger partial charge in [0.05, 0.1) is 6.04 Å². The Morgan fingerprint density at radius 3 is 2.64 bits per heavy atom. The number of aromatic nitrogens is 2. The SMILES string of the molecule is CCc1noc(C(C)N2CC(S(=O)(=O)NC3CCCC3)C2)n1. The molecule has 2 aliphatic rings. The van der Waals surface area contributed by atoms with Gasteiger partial charge in [0, 0.05) is 25.6 Å². The molecule has 1 saturated carbocycles. The monoisotopic (exact) mass is 328 g/mol. The van der Waals surface area contributed by atoms with Gasteiger partial charge in [-0.2, -0.15) is 4.98 Å². The summed E-state index contributed by atoms with van der Waals surface area (Å²) in [4.78, 5) is 6.38. The van der Waals surface area contributed by atoms with Gasteiger partial charge in [-0.1, -0.05) is 24.9 Å². The third-order valence-corrected chi connectivity index (χ3v) is 6.54. The highest BCUT2D eigenvalue weighted by molar-refractivity contribution is 7.90. The van der Waals surface area contributed by atoms with Crippen LogP contribution in [-0.2, 0) is 16.4 Å². The molecule has 0 aromatic carbocycles. The number of hydrogen-bond donors (Lipinski definition) is 1. The maximum absolute atomic E-state index is 12.3. The first kappa shape index (κ1) is 15.9. The van der Waals surface area contributed by atoms with Gasteiger partial charge in [0.25, 0.3) is 0 Å². The summed E-state index contributed by atoms with van der Waals surface area (Å²) in [5.74, 6) is 1.26. The molecule has 1 aromatic heterocycles. The Morgan fingerprint density at radius 1 is 1.36 bits per heavy atom. The zero-order valence-corrected chi connectivity index (χ0v) is 14.0. The molecular formula is C14H24N4O3S. The summed E-state index contributed by atoms with van der Waals surface area (Å²) < 4.78 is 32.8. The second kappa shape index (κ2) is 6.25. The van der Waals surface area contributed by atoms with E-state index in [9.17, 15) is 8.42 Å². The summed E-state index contributed by atoms with van der Waals surface area (Å²) in [6, 6.07) is 0.102. The number of aryl methyl sites for hydroxylation is 1. The average molecular weight is 328 g/mol. The molecule has 0 bridgehead atoms. The first-order valence-electron chi connectivity index (χ1n) is 8.07. The summed E-state index contributed by atoms with van der Waals surface area (Å²) >= 11 is 0. The van der Waals surface area contributed by atoms with E-state index in [2.05, 4.69) is 19.8 Å². The molecule has 1 aliphatic carbocycles. The smallest absolute Gasteiger partial charge is 0.243 e. The van der Waals surface area contributed by atoms with Crippen molar-refractivity contribution in [3.63, 3.8) is 0 Å². The lowest BCUT2D eigenvalue weighted by Crippen LogP contribution is -2.58. The molecule has 3 rings (SSSR count). The zero-order chi connectivity index (χ0) is 15.7. The van der Waals surface area contributed by atoms with Gasteiger partial charge in [0.15, 0.2) is 5.82 Å². The molecule has 0 spiro atoms. The second-order valence-electron chi connectivity index (χ2n) is 6.30. The largest absolute Gasteiger partial charge is 0.338 e. The summed E-state index contributed by atoms with van der Waals surface area (Å²) in [6.07, 6.45) is 4.91. The molecule has 1 atom stereocenters. The molecule has 1 aliphatic heterocycles. The van der Waals surface area contributed by atoms with Gasteiger partial charge >= 0.3 is 0 Å². The lowest BCUT2D eigenvalue weighted by molar-refractivity contribution is 0.108. The van der Waals surface area contributed by atoms with Crippen LogP contribution in [0.4, 0.5) is 0 Å². The van der Waals surface area contributed by atoms with Crippen molar-refractivity contribution in [2.24, 2.45) is 0 Å². The van der Waals surface area contributed by atoms with E-state index >= 15 is 0 Å². The van der Waals surface area contributed by atoms with Crippen molar-refractivity contribution in [3.05, 3.63) is 11.7 Å². The number of rotatable bonds is 6. The quantitative estimate of drug-likeness (QED) is 0.845. The number of likely N-dealkylation sites (tertiary alicyclic amines) is 1. The first-order chi connectivity index (χ1) is 10.5. The first-order valence-corrected chi connectivity index (χ1v) is 9.62. The van der Waals surface area contributed by atoms with Crippen LogP contribution in [-0.4, -0.2) is 47.8 Å². The van der Waals surface area contributed by atoms with Gasteiger partial charge in [-0.05, 0) is 19.8 Å². The third-order valence-electron chi connectivity index (χ3n) is 4.71. The van der Waals surface area contributed by atoms with E-state index in [1.54, 1.807) is 0 Å². The van der Waals surface area contributed by atoms with Crippen molar-refractivity contribution in [3.8, 4) is 0 Å². The van der Waals surface area contributed by atoms with E-state index in [-0.39, 0.29) is 17.3 Å². The minimum absolute atomic E-state index is 0.0364. The molecule has 1 unspecified atom stereocenters. The predicted octanol–water partition coefficient (Wildman–Crippen LogP) is 1.24. The summed E-state index contributed by atoms with van der Waals surface area (Å²) in [5, 5.41) is 3.56.